The molecule has 1 aliphatic rings. The number of nitrogens with one attached hydrogen (secondary N) is 1. The van der Waals surface area contributed by atoms with Crippen LogP contribution in [0.15, 0.2) is 47.1 Å². The highest BCUT2D eigenvalue weighted by molar-refractivity contribution is 6.21. The van der Waals surface area contributed by atoms with Gasteiger partial charge in [-0.3, -0.25) is 14.4 Å². The minimum Gasteiger partial charge on any atom is -0.459 e. The maximum Gasteiger partial charge on any atom is 0.355 e. The second-order valence-corrected chi connectivity index (χ2v) is 6.03. The molecule has 0 fully saturated rings. The van der Waals surface area contributed by atoms with Crippen LogP contribution >= 0.6 is 0 Å². The van der Waals surface area contributed by atoms with Gasteiger partial charge < -0.3 is 14.6 Å². The van der Waals surface area contributed by atoms with Gasteiger partial charge in [0.15, 0.2) is 5.76 Å². The Balaban J connectivity index is 1.74. The number of fused-ring (bicyclic) bond motifs is 1. The molecule has 8 nitrogen and oxygen atoms in total. The molecule has 1 unspecified atom stereocenters. The Morgan fingerprint density at radius 3 is 2.15 bits per heavy atom. The fourth-order valence-corrected chi connectivity index (χ4v) is 2.51. The highest BCUT2D eigenvalue weighted by Crippen LogP contribution is 2.23. The van der Waals surface area contributed by atoms with E-state index in [0.29, 0.717) is 5.06 Å². The van der Waals surface area contributed by atoms with Crippen molar-refractivity contribution in [3.05, 3.63) is 59.5 Å². The summed E-state index contributed by atoms with van der Waals surface area (Å²) in [6.07, 6.45) is 1.33. The Morgan fingerprint density at radius 2 is 1.65 bits per heavy atom. The van der Waals surface area contributed by atoms with E-state index in [1.54, 1.807) is 26.0 Å². The lowest BCUT2D eigenvalue weighted by atomic mass is 10.0. The van der Waals surface area contributed by atoms with Crippen LogP contribution < -0.4 is 5.32 Å². The molecule has 26 heavy (non-hydrogen) atoms. The van der Waals surface area contributed by atoms with Crippen molar-refractivity contribution in [1.29, 1.82) is 0 Å². The molecule has 1 N–H and O–H groups in total. The first-order chi connectivity index (χ1) is 12.4. The fraction of sp³-hybridized carbons (Fsp3) is 0.222. The average Bonchev–Trinajstić information content (AvgIpc) is 3.23. The van der Waals surface area contributed by atoms with Gasteiger partial charge in [0.2, 0.25) is 0 Å². The van der Waals surface area contributed by atoms with Gasteiger partial charge in [-0.2, -0.15) is 0 Å². The molecule has 1 aliphatic heterocycles. The molecule has 0 spiro atoms. The molecule has 0 aliphatic carbocycles. The van der Waals surface area contributed by atoms with E-state index in [1.165, 1.54) is 30.5 Å². The molecule has 0 radical (unpaired) electrons. The van der Waals surface area contributed by atoms with Gasteiger partial charge in [-0.25, -0.2) is 4.79 Å². The van der Waals surface area contributed by atoms with Crippen molar-refractivity contribution in [2.45, 2.75) is 19.9 Å². The summed E-state index contributed by atoms with van der Waals surface area (Å²) in [4.78, 5) is 54.1. The molecule has 8 heteroatoms. The Kier molecular flexibility index (Phi) is 4.57. The molecule has 1 aromatic heterocycles. The van der Waals surface area contributed by atoms with Crippen LogP contribution in [0.2, 0.25) is 0 Å². The van der Waals surface area contributed by atoms with Crippen LogP contribution in [-0.4, -0.2) is 34.8 Å². The van der Waals surface area contributed by atoms with E-state index in [0.717, 1.165) is 0 Å². The normalized spacial score (nSPS) is 14.3. The minimum absolute atomic E-state index is 0.0316. The number of furan rings is 1. The van der Waals surface area contributed by atoms with Crippen molar-refractivity contribution in [2.24, 2.45) is 5.92 Å². The smallest absolute Gasteiger partial charge is 0.355 e. The van der Waals surface area contributed by atoms with Crippen LogP contribution in [0.5, 0.6) is 0 Å². The van der Waals surface area contributed by atoms with Crippen LogP contribution in [0.25, 0.3) is 0 Å². The Morgan fingerprint density at radius 1 is 1.04 bits per heavy atom. The zero-order valence-electron chi connectivity index (χ0n) is 14.1. The Hall–Kier alpha value is -3.42. The van der Waals surface area contributed by atoms with Crippen molar-refractivity contribution in [2.75, 3.05) is 0 Å². The van der Waals surface area contributed by atoms with E-state index in [2.05, 4.69) is 5.32 Å². The Bertz CT molecular complexity index is 837. The van der Waals surface area contributed by atoms with E-state index < -0.39 is 29.7 Å². The van der Waals surface area contributed by atoms with Gasteiger partial charge in [0.25, 0.3) is 17.7 Å². The van der Waals surface area contributed by atoms with Gasteiger partial charge >= 0.3 is 5.97 Å². The molecule has 3 rings (SSSR count). The molecular weight excluding hydrogens is 340 g/mol. The molecule has 134 valence electrons. The number of rotatable bonds is 5. The zero-order chi connectivity index (χ0) is 18.8. The first-order valence-electron chi connectivity index (χ1n) is 7.94. The third kappa shape index (κ3) is 3.08. The van der Waals surface area contributed by atoms with E-state index in [1.807, 2.05) is 0 Å². The second kappa shape index (κ2) is 6.83. The third-order valence-electron chi connectivity index (χ3n) is 3.89. The lowest BCUT2D eigenvalue weighted by Gasteiger charge is -2.22. The molecule has 2 heterocycles. The molecule has 0 saturated carbocycles. The third-order valence-corrected chi connectivity index (χ3v) is 3.89. The second-order valence-electron chi connectivity index (χ2n) is 6.03. The van der Waals surface area contributed by atoms with Gasteiger partial charge in [0.1, 0.15) is 6.04 Å². The summed E-state index contributed by atoms with van der Waals surface area (Å²) >= 11 is 0. The van der Waals surface area contributed by atoms with E-state index in [4.69, 9.17) is 9.25 Å². The summed E-state index contributed by atoms with van der Waals surface area (Å²) in [6.45, 7) is 3.38. The van der Waals surface area contributed by atoms with Crippen LogP contribution in [0, 0.1) is 5.92 Å². The number of hydrogen-bond donors (Lipinski definition) is 1. The van der Waals surface area contributed by atoms with Crippen LogP contribution in [0.4, 0.5) is 0 Å². The van der Waals surface area contributed by atoms with E-state index >= 15 is 0 Å². The van der Waals surface area contributed by atoms with Gasteiger partial charge in [-0.05, 0) is 30.2 Å². The maximum absolute atomic E-state index is 12.5. The number of carbonyl (C=O) groups excluding carboxylic acids is 4. The molecule has 1 atom stereocenters. The van der Waals surface area contributed by atoms with Crippen molar-refractivity contribution >= 4 is 23.7 Å². The summed E-state index contributed by atoms with van der Waals surface area (Å²) < 4.78 is 4.98. The number of imide groups is 1. The number of hydroxylamine groups is 2. The number of benzene rings is 1. The summed E-state index contributed by atoms with van der Waals surface area (Å²) in [5.74, 6) is -3.29. The summed E-state index contributed by atoms with van der Waals surface area (Å²) in [5.41, 5.74) is 0.317. The quantitative estimate of drug-likeness (QED) is 0.819. The van der Waals surface area contributed by atoms with E-state index in [9.17, 15) is 19.2 Å². The maximum atomic E-state index is 12.5. The molecule has 1 aromatic carbocycles. The van der Waals surface area contributed by atoms with Crippen LogP contribution in [-0.2, 0) is 9.63 Å². The van der Waals surface area contributed by atoms with Crippen LogP contribution in [0.1, 0.15) is 45.1 Å². The predicted molar refractivity (Wildman–Crippen MR) is 87.8 cm³/mol. The SMILES string of the molecule is CC(C)C(NC(=O)c1ccco1)C(=O)ON1C(=O)c2ccccc2C1=O. The topological polar surface area (TPSA) is 106 Å². The van der Waals surface area contributed by atoms with Gasteiger partial charge in [0, 0.05) is 0 Å². The number of hydrogen-bond acceptors (Lipinski definition) is 6. The molecule has 2 aromatic rings. The van der Waals surface area contributed by atoms with Gasteiger partial charge in [-0.15, -0.1) is 0 Å². The minimum atomic E-state index is -1.07. The molecule has 3 amide bonds. The fourth-order valence-electron chi connectivity index (χ4n) is 2.51. The zero-order valence-corrected chi connectivity index (χ0v) is 14.1. The lowest BCUT2D eigenvalue weighted by Crippen LogP contribution is -2.48. The summed E-state index contributed by atoms with van der Waals surface area (Å²) in [7, 11) is 0. The lowest BCUT2D eigenvalue weighted by molar-refractivity contribution is -0.172. The molecule has 0 saturated heterocycles. The largest absolute Gasteiger partial charge is 0.459 e. The average molecular weight is 356 g/mol. The Labute approximate surface area is 148 Å². The van der Waals surface area contributed by atoms with Crippen molar-refractivity contribution in [3.63, 3.8) is 0 Å². The van der Waals surface area contributed by atoms with Gasteiger partial charge in [-0.1, -0.05) is 31.0 Å². The first-order valence-corrected chi connectivity index (χ1v) is 7.94. The number of carbonyl (C=O) groups is 4. The van der Waals surface area contributed by atoms with Crippen LogP contribution in [0.3, 0.4) is 0 Å². The van der Waals surface area contributed by atoms with Crippen molar-refractivity contribution < 1.29 is 28.4 Å². The van der Waals surface area contributed by atoms with Crippen molar-refractivity contribution in [1.82, 2.24) is 10.4 Å². The first kappa shape index (κ1) is 17.4. The highest BCUT2D eigenvalue weighted by Gasteiger charge is 2.40. The standard InChI is InChI=1S/C18H16N2O6/c1-10(2)14(19-15(21)13-8-5-9-25-13)18(24)26-20-16(22)11-6-3-4-7-12(11)17(20)23/h3-10,14H,1-2H3,(H,19,21). The number of nitrogens with zero attached hydrogens (tertiary/aromatic N) is 1. The molecule has 0 bridgehead atoms. The van der Waals surface area contributed by atoms with Crippen molar-refractivity contribution in [3.8, 4) is 0 Å². The summed E-state index contributed by atoms with van der Waals surface area (Å²) in [6, 6.07) is 8.07. The molecular formula is C18H16N2O6. The van der Waals surface area contributed by atoms with Gasteiger partial charge in [0.05, 0.1) is 17.4 Å². The number of amides is 3. The monoisotopic (exact) mass is 356 g/mol. The van der Waals surface area contributed by atoms with E-state index in [-0.39, 0.29) is 22.8 Å². The summed E-state index contributed by atoms with van der Waals surface area (Å²) in [5, 5.41) is 2.91. The predicted octanol–water partition coefficient (Wildman–Crippen LogP) is 1.79. The highest BCUT2D eigenvalue weighted by atomic mass is 16.7.